The van der Waals surface area contributed by atoms with Crippen LogP contribution in [0, 0.1) is 0 Å². The molecule has 1 aliphatic heterocycles. The molecule has 1 aliphatic rings. The van der Waals surface area contributed by atoms with E-state index in [2.05, 4.69) is 5.32 Å². The molecule has 0 spiro atoms. The fourth-order valence-electron chi connectivity index (χ4n) is 4.06. The molecule has 2 N–H and O–H groups in total. The summed E-state index contributed by atoms with van der Waals surface area (Å²) in [7, 11) is 0. The van der Waals surface area contributed by atoms with Crippen molar-refractivity contribution in [3.8, 4) is 0 Å². The summed E-state index contributed by atoms with van der Waals surface area (Å²) in [6, 6.07) is 30.0. The van der Waals surface area contributed by atoms with Crippen LogP contribution >= 0.6 is 0 Å². The minimum absolute atomic E-state index is 0.0279. The van der Waals surface area contributed by atoms with Crippen LogP contribution in [-0.4, -0.2) is 42.6 Å². The monoisotopic (exact) mass is 433 g/mol. The average molecular weight is 434 g/mol. The lowest BCUT2D eigenvalue weighted by atomic mass is 10.1. The molecule has 0 aliphatic carbocycles. The molecule has 4 rings (SSSR count). The van der Waals surface area contributed by atoms with Gasteiger partial charge in [0.2, 0.25) is 0 Å². The minimum atomic E-state index is -0.283. The number of benzene rings is 3. The molecule has 3 aromatic rings. The largest absolute Gasteiger partial charge is 0.395 e. The molecule has 0 bridgehead atoms. The second-order valence-corrected chi connectivity index (χ2v) is 8.09. The fraction of sp³-hybridized carbons (Fsp3) is 0.333. The van der Waals surface area contributed by atoms with Crippen LogP contribution in [0.15, 0.2) is 91.0 Å². The molecule has 4 atom stereocenters. The summed E-state index contributed by atoms with van der Waals surface area (Å²) in [6.07, 6.45) is -0.527. The Bertz CT molecular complexity index is 907. The van der Waals surface area contributed by atoms with Crippen LogP contribution in [0.5, 0.6) is 0 Å². The van der Waals surface area contributed by atoms with Gasteiger partial charge < -0.3 is 24.6 Å². The molecule has 0 unspecified atom stereocenters. The van der Waals surface area contributed by atoms with Crippen molar-refractivity contribution in [2.45, 2.75) is 44.1 Å². The van der Waals surface area contributed by atoms with Crippen molar-refractivity contribution in [3.63, 3.8) is 0 Å². The zero-order valence-corrected chi connectivity index (χ0v) is 18.2. The third kappa shape index (κ3) is 6.25. The van der Waals surface area contributed by atoms with E-state index < -0.39 is 0 Å². The van der Waals surface area contributed by atoms with Gasteiger partial charge in [-0.3, -0.25) is 0 Å². The summed E-state index contributed by atoms with van der Waals surface area (Å²) in [4.78, 5) is 0. The summed E-state index contributed by atoms with van der Waals surface area (Å²) in [5, 5.41) is 13.5. The zero-order valence-electron chi connectivity index (χ0n) is 18.2. The van der Waals surface area contributed by atoms with Crippen LogP contribution in [0.2, 0.25) is 0 Å². The van der Waals surface area contributed by atoms with Crippen molar-refractivity contribution in [2.75, 3.05) is 13.2 Å². The van der Waals surface area contributed by atoms with Gasteiger partial charge in [-0.05, 0) is 16.7 Å². The SMILES string of the molecule is OC[C@H]1N[C@H](COCc2ccccc2)[C@@H](OCc2ccccc2)[C@@H]1OCc1ccccc1. The normalized spacial score (nSPS) is 22.8. The summed E-state index contributed by atoms with van der Waals surface area (Å²) >= 11 is 0. The quantitative estimate of drug-likeness (QED) is 0.483. The molecular weight excluding hydrogens is 402 g/mol. The lowest BCUT2D eigenvalue weighted by molar-refractivity contribution is -0.0887. The predicted octanol–water partition coefficient (Wildman–Crippen LogP) is 3.71. The highest BCUT2D eigenvalue weighted by Gasteiger charge is 2.44. The second kappa shape index (κ2) is 11.9. The predicted molar refractivity (Wildman–Crippen MR) is 124 cm³/mol. The molecular formula is C27H31NO4. The van der Waals surface area contributed by atoms with Crippen LogP contribution in [0.3, 0.4) is 0 Å². The summed E-state index contributed by atoms with van der Waals surface area (Å²) < 4.78 is 18.7. The smallest absolute Gasteiger partial charge is 0.103 e. The van der Waals surface area contributed by atoms with Crippen LogP contribution < -0.4 is 5.32 Å². The molecule has 1 heterocycles. The molecule has 168 valence electrons. The Balaban J connectivity index is 1.42. The minimum Gasteiger partial charge on any atom is -0.395 e. The van der Waals surface area contributed by atoms with E-state index in [1.807, 2.05) is 91.0 Å². The van der Waals surface area contributed by atoms with Gasteiger partial charge in [-0.2, -0.15) is 0 Å². The van der Waals surface area contributed by atoms with Crippen LogP contribution in [0.25, 0.3) is 0 Å². The van der Waals surface area contributed by atoms with Crippen molar-refractivity contribution >= 4 is 0 Å². The first-order valence-electron chi connectivity index (χ1n) is 11.1. The van der Waals surface area contributed by atoms with Crippen molar-refractivity contribution in [2.24, 2.45) is 0 Å². The van der Waals surface area contributed by atoms with Gasteiger partial charge in [0.05, 0.1) is 45.1 Å². The number of aliphatic hydroxyl groups is 1. The Morgan fingerprint density at radius 3 is 1.50 bits per heavy atom. The molecule has 1 fully saturated rings. The lowest BCUT2D eigenvalue weighted by Crippen LogP contribution is -2.40. The maximum absolute atomic E-state index is 10.0. The first kappa shape index (κ1) is 22.6. The van der Waals surface area contributed by atoms with E-state index in [1.165, 1.54) is 0 Å². The molecule has 5 nitrogen and oxygen atoms in total. The summed E-state index contributed by atoms with van der Waals surface area (Å²) in [5.74, 6) is 0. The molecule has 0 aromatic heterocycles. The molecule has 0 amide bonds. The third-order valence-corrected chi connectivity index (χ3v) is 5.72. The summed E-state index contributed by atoms with van der Waals surface area (Å²) in [5.41, 5.74) is 3.32. The van der Waals surface area contributed by atoms with Crippen LogP contribution in [0.4, 0.5) is 0 Å². The molecule has 3 aromatic carbocycles. The lowest BCUT2D eigenvalue weighted by Gasteiger charge is -2.26. The van der Waals surface area contributed by atoms with Crippen LogP contribution in [0.1, 0.15) is 16.7 Å². The van der Waals surface area contributed by atoms with E-state index in [1.54, 1.807) is 0 Å². The Morgan fingerprint density at radius 1 is 0.594 bits per heavy atom. The number of rotatable bonds is 11. The maximum atomic E-state index is 10.0. The number of ether oxygens (including phenoxy) is 3. The van der Waals surface area contributed by atoms with Gasteiger partial charge in [-0.1, -0.05) is 91.0 Å². The Hall–Kier alpha value is -2.54. The van der Waals surface area contributed by atoms with Crippen molar-refractivity contribution in [1.82, 2.24) is 5.32 Å². The van der Waals surface area contributed by atoms with Gasteiger partial charge in [-0.15, -0.1) is 0 Å². The van der Waals surface area contributed by atoms with E-state index in [4.69, 9.17) is 14.2 Å². The number of nitrogens with one attached hydrogen (secondary N) is 1. The van der Waals surface area contributed by atoms with Crippen molar-refractivity contribution < 1.29 is 19.3 Å². The number of hydrogen-bond acceptors (Lipinski definition) is 5. The van der Waals surface area contributed by atoms with E-state index in [-0.39, 0.29) is 30.9 Å². The van der Waals surface area contributed by atoms with Gasteiger partial charge in [-0.25, -0.2) is 0 Å². The van der Waals surface area contributed by atoms with Gasteiger partial charge in [0, 0.05) is 0 Å². The summed E-state index contributed by atoms with van der Waals surface area (Å²) in [6.45, 7) is 1.91. The highest BCUT2D eigenvalue weighted by Crippen LogP contribution is 2.24. The topological polar surface area (TPSA) is 60.0 Å². The first-order valence-corrected chi connectivity index (χ1v) is 11.1. The molecule has 1 saturated heterocycles. The average Bonchev–Trinajstić information content (AvgIpc) is 3.19. The zero-order chi connectivity index (χ0) is 22.0. The molecule has 0 radical (unpaired) electrons. The Labute approximate surface area is 190 Å². The first-order chi connectivity index (χ1) is 15.8. The Kier molecular flexibility index (Phi) is 8.42. The fourth-order valence-corrected chi connectivity index (χ4v) is 4.06. The van der Waals surface area contributed by atoms with Gasteiger partial charge in [0.15, 0.2) is 0 Å². The van der Waals surface area contributed by atoms with Crippen molar-refractivity contribution in [3.05, 3.63) is 108 Å². The van der Waals surface area contributed by atoms with Crippen molar-refractivity contribution in [1.29, 1.82) is 0 Å². The highest BCUT2D eigenvalue weighted by molar-refractivity contribution is 5.16. The third-order valence-electron chi connectivity index (χ3n) is 5.72. The molecule has 32 heavy (non-hydrogen) atoms. The van der Waals surface area contributed by atoms with E-state index >= 15 is 0 Å². The highest BCUT2D eigenvalue weighted by atomic mass is 16.5. The number of aliphatic hydroxyl groups excluding tert-OH is 1. The maximum Gasteiger partial charge on any atom is 0.103 e. The molecule has 5 heteroatoms. The molecule has 0 saturated carbocycles. The van der Waals surface area contributed by atoms with E-state index in [0.717, 1.165) is 16.7 Å². The van der Waals surface area contributed by atoms with E-state index in [0.29, 0.717) is 26.4 Å². The number of hydrogen-bond donors (Lipinski definition) is 2. The van der Waals surface area contributed by atoms with Crippen LogP contribution in [-0.2, 0) is 34.0 Å². The van der Waals surface area contributed by atoms with Gasteiger partial charge in [0.1, 0.15) is 12.2 Å². The van der Waals surface area contributed by atoms with Gasteiger partial charge >= 0.3 is 0 Å². The standard InChI is InChI=1S/C27H31NO4/c29-16-24-26(31-18-22-12-6-2-7-13-22)27(32-19-23-14-8-3-9-15-23)25(28-24)20-30-17-21-10-4-1-5-11-21/h1-15,24-29H,16-20H2/t24-,25-,26-,27-/m1/s1. The van der Waals surface area contributed by atoms with Gasteiger partial charge in [0.25, 0.3) is 0 Å². The Morgan fingerprint density at radius 2 is 1.03 bits per heavy atom. The second-order valence-electron chi connectivity index (χ2n) is 8.09. The van der Waals surface area contributed by atoms with E-state index in [9.17, 15) is 5.11 Å².